The SMILES string of the molecule is COc1ccc(C(C)(C)NC(=O)c2cc3[nH]c4ccccc4c(=O)c3cc2F)cn1. The molecule has 4 rings (SSSR count). The second kappa shape index (κ2) is 7.26. The Bertz CT molecular complexity index is 1330. The van der Waals surface area contributed by atoms with Gasteiger partial charge in [0, 0.05) is 28.6 Å². The molecule has 0 fully saturated rings. The molecule has 0 spiro atoms. The molecule has 0 atom stereocenters. The fraction of sp³-hybridized carbons (Fsp3) is 0.174. The molecule has 0 radical (unpaired) electrons. The van der Waals surface area contributed by atoms with E-state index in [1.807, 2.05) is 0 Å². The number of halogens is 1. The number of aromatic nitrogens is 2. The fourth-order valence-corrected chi connectivity index (χ4v) is 3.41. The molecule has 0 aliphatic rings. The van der Waals surface area contributed by atoms with E-state index in [-0.39, 0.29) is 16.4 Å². The number of hydrogen-bond acceptors (Lipinski definition) is 4. The number of nitrogens with zero attached hydrogens (tertiary/aromatic N) is 1. The summed E-state index contributed by atoms with van der Waals surface area (Å²) in [5, 5.41) is 3.49. The van der Waals surface area contributed by atoms with Crippen molar-refractivity contribution in [3.05, 3.63) is 81.9 Å². The van der Waals surface area contributed by atoms with Gasteiger partial charge >= 0.3 is 0 Å². The first kappa shape index (κ1) is 19.6. The summed E-state index contributed by atoms with van der Waals surface area (Å²) in [4.78, 5) is 32.8. The molecule has 2 aromatic heterocycles. The number of amides is 1. The van der Waals surface area contributed by atoms with Crippen LogP contribution in [-0.4, -0.2) is 23.0 Å². The summed E-state index contributed by atoms with van der Waals surface area (Å²) >= 11 is 0. The van der Waals surface area contributed by atoms with Crippen molar-refractivity contribution in [1.29, 1.82) is 0 Å². The number of carbonyl (C=O) groups excluding carboxylic acids is 1. The highest BCUT2D eigenvalue weighted by Gasteiger charge is 2.26. The van der Waals surface area contributed by atoms with E-state index in [9.17, 15) is 14.0 Å². The van der Waals surface area contributed by atoms with Gasteiger partial charge in [-0.25, -0.2) is 9.37 Å². The maximum absolute atomic E-state index is 14.8. The van der Waals surface area contributed by atoms with E-state index in [4.69, 9.17) is 4.74 Å². The van der Waals surface area contributed by atoms with Gasteiger partial charge in [0.1, 0.15) is 5.82 Å². The number of aromatic amines is 1. The van der Waals surface area contributed by atoms with Gasteiger partial charge in [0.05, 0.1) is 23.7 Å². The van der Waals surface area contributed by atoms with Gasteiger partial charge in [-0.2, -0.15) is 0 Å². The summed E-state index contributed by atoms with van der Waals surface area (Å²) in [5.41, 5.74) is 0.510. The molecular weight excluding hydrogens is 385 g/mol. The van der Waals surface area contributed by atoms with Gasteiger partial charge in [-0.3, -0.25) is 9.59 Å². The molecule has 2 aromatic carbocycles. The number of para-hydroxylation sites is 1. The molecule has 0 saturated heterocycles. The van der Waals surface area contributed by atoms with Gasteiger partial charge in [-0.15, -0.1) is 0 Å². The number of hydrogen-bond donors (Lipinski definition) is 2. The predicted molar refractivity (Wildman–Crippen MR) is 113 cm³/mol. The van der Waals surface area contributed by atoms with E-state index in [1.165, 1.54) is 13.2 Å². The van der Waals surface area contributed by atoms with Crippen LogP contribution in [0, 0.1) is 5.82 Å². The monoisotopic (exact) mass is 405 g/mol. The second-order valence-corrected chi connectivity index (χ2v) is 7.55. The highest BCUT2D eigenvalue weighted by atomic mass is 19.1. The van der Waals surface area contributed by atoms with Crippen LogP contribution in [0.5, 0.6) is 5.88 Å². The molecule has 0 unspecified atom stereocenters. The van der Waals surface area contributed by atoms with E-state index < -0.39 is 17.3 Å². The standard InChI is InChI=1S/C23H20FN3O3/c1-23(2,13-8-9-20(30-3)25-12-13)27-22(29)15-11-19-16(10-17(15)24)21(28)14-6-4-5-7-18(14)26-19/h4-12H,1-3H3,(H,26,28)(H,27,29). The van der Waals surface area contributed by atoms with Crippen LogP contribution in [0.4, 0.5) is 4.39 Å². The van der Waals surface area contributed by atoms with Crippen molar-refractivity contribution in [2.75, 3.05) is 7.11 Å². The maximum atomic E-state index is 14.8. The number of carbonyl (C=O) groups is 1. The molecule has 0 bridgehead atoms. The van der Waals surface area contributed by atoms with E-state index in [1.54, 1.807) is 56.4 Å². The van der Waals surface area contributed by atoms with Gasteiger partial charge in [0.25, 0.3) is 5.91 Å². The van der Waals surface area contributed by atoms with Crippen molar-refractivity contribution in [2.45, 2.75) is 19.4 Å². The topological polar surface area (TPSA) is 84.1 Å². The fourth-order valence-electron chi connectivity index (χ4n) is 3.41. The Kier molecular flexibility index (Phi) is 4.73. The Morgan fingerprint density at radius 3 is 2.57 bits per heavy atom. The molecule has 2 heterocycles. The number of nitrogens with one attached hydrogen (secondary N) is 2. The molecule has 152 valence electrons. The van der Waals surface area contributed by atoms with Crippen molar-refractivity contribution in [3.8, 4) is 5.88 Å². The highest BCUT2D eigenvalue weighted by Crippen LogP contribution is 2.23. The Hall–Kier alpha value is -3.74. The van der Waals surface area contributed by atoms with Crippen LogP contribution in [0.25, 0.3) is 21.8 Å². The van der Waals surface area contributed by atoms with Crippen molar-refractivity contribution in [2.24, 2.45) is 0 Å². The van der Waals surface area contributed by atoms with E-state index >= 15 is 0 Å². The van der Waals surface area contributed by atoms with Gasteiger partial charge in [-0.05, 0) is 49.7 Å². The quantitative estimate of drug-likeness (QED) is 0.505. The van der Waals surface area contributed by atoms with E-state index in [2.05, 4.69) is 15.3 Å². The van der Waals surface area contributed by atoms with Crippen LogP contribution in [0.3, 0.4) is 0 Å². The molecule has 6 nitrogen and oxygen atoms in total. The van der Waals surface area contributed by atoms with Crippen molar-refractivity contribution >= 4 is 27.7 Å². The number of methoxy groups -OCH3 is 1. The molecule has 7 heteroatoms. The lowest BCUT2D eigenvalue weighted by atomic mass is 9.95. The molecule has 1 amide bonds. The zero-order valence-electron chi connectivity index (χ0n) is 16.7. The van der Waals surface area contributed by atoms with Crippen LogP contribution in [0.1, 0.15) is 29.8 Å². The van der Waals surface area contributed by atoms with Gasteiger partial charge in [-0.1, -0.05) is 12.1 Å². The first-order valence-electron chi connectivity index (χ1n) is 9.37. The molecule has 0 aliphatic carbocycles. The average Bonchev–Trinajstić information content (AvgIpc) is 2.74. The van der Waals surface area contributed by atoms with Crippen molar-refractivity contribution in [3.63, 3.8) is 0 Å². The molecule has 0 aliphatic heterocycles. The summed E-state index contributed by atoms with van der Waals surface area (Å²) in [6, 6.07) is 12.9. The summed E-state index contributed by atoms with van der Waals surface area (Å²) in [6.07, 6.45) is 1.60. The first-order chi connectivity index (χ1) is 14.3. The molecular formula is C23H20FN3O3. The minimum absolute atomic E-state index is 0.150. The Balaban J connectivity index is 1.72. The number of fused-ring (bicyclic) bond motifs is 2. The summed E-state index contributed by atoms with van der Waals surface area (Å²) < 4.78 is 19.8. The molecule has 0 saturated carbocycles. The van der Waals surface area contributed by atoms with Gasteiger partial charge < -0.3 is 15.0 Å². The van der Waals surface area contributed by atoms with Crippen molar-refractivity contribution in [1.82, 2.24) is 15.3 Å². The van der Waals surface area contributed by atoms with Crippen LogP contribution < -0.4 is 15.5 Å². The lowest BCUT2D eigenvalue weighted by Gasteiger charge is -2.27. The van der Waals surface area contributed by atoms with E-state index in [0.717, 1.165) is 11.6 Å². The zero-order chi connectivity index (χ0) is 21.5. The highest BCUT2D eigenvalue weighted by molar-refractivity contribution is 6.00. The normalized spacial score (nSPS) is 11.6. The predicted octanol–water partition coefficient (Wildman–Crippen LogP) is 3.89. The number of benzene rings is 2. The number of rotatable bonds is 4. The first-order valence-corrected chi connectivity index (χ1v) is 9.37. The Morgan fingerprint density at radius 2 is 1.87 bits per heavy atom. The second-order valence-electron chi connectivity index (χ2n) is 7.55. The minimum atomic E-state index is -0.811. The van der Waals surface area contributed by atoms with Gasteiger partial charge in [0.2, 0.25) is 5.88 Å². The van der Waals surface area contributed by atoms with Gasteiger partial charge in [0.15, 0.2) is 5.43 Å². The number of ether oxygens (including phenoxy) is 1. The zero-order valence-corrected chi connectivity index (χ0v) is 16.7. The third-order valence-electron chi connectivity index (χ3n) is 5.13. The number of H-pyrrole nitrogens is 1. The smallest absolute Gasteiger partial charge is 0.255 e. The Morgan fingerprint density at radius 1 is 1.10 bits per heavy atom. The molecule has 30 heavy (non-hydrogen) atoms. The summed E-state index contributed by atoms with van der Waals surface area (Å²) in [5.74, 6) is -0.897. The maximum Gasteiger partial charge on any atom is 0.255 e. The third-order valence-corrected chi connectivity index (χ3v) is 5.13. The summed E-state index contributed by atoms with van der Waals surface area (Å²) in [6.45, 7) is 3.59. The summed E-state index contributed by atoms with van der Waals surface area (Å²) in [7, 11) is 1.52. The minimum Gasteiger partial charge on any atom is -0.481 e. The average molecular weight is 405 g/mol. The van der Waals surface area contributed by atoms with Crippen LogP contribution in [0.2, 0.25) is 0 Å². The largest absolute Gasteiger partial charge is 0.481 e. The van der Waals surface area contributed by atoms with Crippen molar-refractivity contribution < 1.29 is 13.9 Å². The molecule has 4 aromatic rings. The lowest BCUT2D eigenvalue weighted by molar-refractivity contribution is 0.0908. The van der Waals surface area contributed by atoms with Crippen LogP contribution >= 0.6 is 0 Å². The van der Waals surface area contributed by atoms with Crippen LogP contribution in [-0.2, 0) is 5.54 Å². The number of pyridine rings is 2. The lowest BCUT2D eigenvalue weighted by Crippen LogP contribution is -2.41. The molecule has 2 N–H and O–H groups in total. The third kappa shape index (κ3) is 3.39. The van der Waals surface area contributed by atoms with E-state index in [0.29, 0.717) is 22.3 Å². The Labute approximate surface area is 171 Å². The van der Waals surface area contributed by atoms with Crippen LogP contribution in [0.15, 0.2) is 59.5 Å².